The number of nitrogens with one attached hydrogen (secondary N) is 2. The Hall–Kier alpha value is -1.62. The van der Waals surface area contributed by atoms with Crippen LogP contribution < -0.4 is 10.6 Å². The van der Waals surface area contributed by atoms with Crippen molar-refractivity contribution >= 4 is 6.03 Å². The first-order chi connectivity index (χ1) is 12.2. The van der Waals surface area contributed by atoms with Crippen molar-refractivity contribution < 1.29 is 9.53 Å². The van der Waals surface area contributed by atoms with Gasteiger partial charge in [0.25, 0.3) is 0 Å². The Morgan fingerprint density at radius 3 is 2.40 bits per heavy atom. The van der Waals surface area contributed by atoms with Crippen LogP contribution in [0.15, 0.2) is 24.5 Å². The molecule has 0 aromatic carbocycles. The number of carbonyl (C=O) groups excluding carboxylic acids is 1. The molecule has 5 heteroatoms. The largest absolute Gasteiger partial charge is 0.381 e. The predicted octanol–water partition coefficient (Wildman–Crippen LogP) is 3.57. The molecule has 1 aromatic rings. The van der Waals surface area contributed by atoms with Crippen molar-refractivity contribution in [1.29, 1.82) is 0 Å². The minimum atomic E-state index is -0.0124. The standard InChI is InChI=1S/C20H29N3O2/c24-19(23-18(15-1-2-15)16-5-11-21-12-6-16)22-17-3-7-20(8-4-17)9-13-25-14-10-20/h5-6,11-12,15,17-18H,1-4,7-10,13-14H2,(H2,22,23,24). The molecule has 25 heavy (non-hydrogen) atoms. The quantitative estimate of drug-likeness (QED) is 0.878. The van der Waals surface area contributed by atoms with Crippen LogP contribution in [0.25, 0.3) is 0 Å². The van der Waals surface area contributed by atoms with E-state index in [4.69, 9.17) is 4.74 Å². The average Bonchev–Trinajstić information content (AvgIpc) is 3.48. The molecule has 2 saturated carbocycles. The first-order valence-corrected chi connectivity index (χ1v) is 9.79. The Morgan fingerprint density at radius 1 is 1.08 bits per heavy atom. The maximum absolute atomic E-state index is 12.5. The van der Waals surface area contributed by atoms with Gasteiger partial charge in [0.1, 0.15) is 0 Å². The van der Waals surface area contributed by atoms with Crippen molar-refractivity contribution in [3.63, 3.8) is 0 Å². The number of aromatic nitrogens is 1. The highest BCUT2D eigenvalue weighted by Gasteiger charge is 2.38. The fourth-order valence-electron chi connectivity index (χ4n) is 4.52. The summed E-state index contributed by atoms with van der Waals surface area (Å²) in [6.45, 7) is 1.82. The summed E-state index contributed by atoms with van der Waals surface area (Å²) in [6, 6.07) is 4.44. The Morgan fingerprint density at radius 2 is 1.76 bits per heavy atom. The Balaban J connectivity index is 1.29. The van der Waals surface area contributed by atoms with E-state index in [1.54, 1.807) is 12.4 Å². The highest BCUT2D eigenvalue weighted by atomic mass is 16.5. The van der Waals surface area contributed by atoms with E-state index in [9.17, 15) is 4.79 Å². The zero-order chi connectivity index (χ0) is 17.1. The van der Waals surface area contributed by atoms with Crippen LogP contribution in [-0.2, 0) is 4.74 Å². The van der Waals surface area contributed by atoms with Gasteiger partial charge < -0.3 is 15.4 Å². The lowest BCUT2D eigenvalue weighted by molar-refractivity contribution is -0.00862. The molecule has 1 aromatic heterocycles. The van der Waals surface area contributed by atoms with Gasteiger partial charge in [-0.3, -0.25) is 4.98 Å². The van der Waals surface area contributed by atoms with E-state index in [0.29, 0.717) is 17.4 Å². The molecule has 0 radical (unpaired) electrons. The van der Waals surface area contributed by atoms with Gasteiger partial charge in [-0.05, 0) is 80.4 Å². The number of ether oxygens (including phenoxy) is 1. The van der Waals surface area contributed by atoms with Gasteiger partial charge in [0, 0.05) is 31.6 Å². The number of pyridine rings is 1. The molecule has 1 atom stereocenters. The molecule has 4 rings (SSSR count). The molecule has 2 heterocycles. The summed E-state index contributed by atoms with van der Waals surface area (Å²) >= 11 is 0. The fraction of sp³-hybridized carbons (Fsp3) is 0.700. The summed E-state index contributed by atoms with van der Waals surface area (Å²) in [4.78, 5) is 16.6. The number of urea groups is 1. The van der Waals surface area contributed by atoms with Gasteiger partial charge >= 0.3 is 6.03 Å². The molecular formula is C20H29N3O2. The molecule has 3 aliphatic rings. The number of rotatable bonds is 4. The summed E-state index contributed by atoms with van der Waals surface area (Å²) < 4.78 is 5.52. The summed E-state index contributed by atoms with van der Waals surface area (Å²) in [5, 5.41) is 6.44. The van der Waals surface area contributed by atoms with Gasteiger partial charge in [-0.25, -0.2) is 4.79 Å². The van der Waals surface area contributed by atoms with Crippen LogP contribution in [-0.4, -0.2) is 30.3 Å². The third-order valence-electron chi connectivity index (χ3n) is 6.38. The first-order valence-electron chi connectivity index (χ1n) is 9.79. The second-order valence-corrected chi connectivity index (χ2v) is 8.10. The second kappa shape index (κ2) is 7.32. The lowest BCUT2D eigenvalue weighted by Crippen LogP contribution is -2.47. The monoisotopic (exact) mass is 343 g/mol. The molecule has 1 unspecified atom stereocenters. The van der Waals surface area contributed by atoms with Gasteiger partial charge in [-0.1, -0.05) is 0 Å². The van der Waals surface area contributed by atoms with Gasteiger partial charge in [0.15, 0.2) is 0 Å². The Kier molecular flexibility index (Phi) is 4.93. The van der Waals surface area contributed by atoms with Crippen molar-refractivity contribution in [2.45, 2.75) is 63.5 Å². The molecule has 2 aliphatic carbocycles. The number of nitrogens with zero attached hydrogens (tertiary/aromatic N) is 1. The van der Waals surface area contributed by atoms with Gasteiger partial charge in [0.05, 0.1) is 6.04 Å². The van der Waals surface area contributed by atoms with Crippen molar-refractivity contribution in [3.8, 4) is 0 Å². The van der Waals surface area contributed by atoms with E-state index in [-0.39, 0.29) is 12.1 Å². The maximum atomic E-state index is 12.5. The summed E-state index contributed by atoms with van der Waals surface area (Å²) in [6.07, 6.45) is 13.0. The number of hydrogen-bond donors (Lipinski definition) is 2. The summed E-state index contributed by atoms with van der Waals surface area (Å²) in [5.74, 6) is 0.574. The molecule has 2 amide bonds. The number of carbonyl (C=O) groups is 1. The molecule has 2 N–H and O–H groups in total. The van der Waals surface area contributed by atoms with Crippen LogP contribution in [0.4, 0.5) is 4.79 Å². The first kappa shape index (κ1) is 16.8. The van der Waals surface area contributed by atoms with E-state index < -0.39 is 0 Å². The number of amides is 2. The zero-order valence-corrected chi connectivity index (χ0v) is 14.9. The molecule has 1 saturated heterocycles. The molecule has 1 spiro atoms. The highest BCUT2D eigenvalue weighted by Crippen LogP contribution is 2.44. The van der Waals surface area contributed by atoms with Crippen LogP contribution in [0, 0.1) is 11.3 Å². The Bertz CT molecular complexity index is 572. The SMILES string of the molecule is O=C(NC1CCC2(CCOCC2)CC1)NC(c1ccncc1)C1CC1. The smallest absolute Gasteiger partial charge is 0.315 e. The van der Waals surface area contributed by atoms with E-state index in [1.165, 1.54) is 38.5 Å². The third kappa shape index (κ3) is 4.14. The highest BCUT2D eigenvalue weighted by molar-refractivity contribution is 5.75. The number of hydrogen-bond acceptors (Lipinski definition) is 3. The minimum absolute atomic E-state index is 0.0124. The van der Waals surface area contributed by atoms with Gasteiger partial charge in [0.2, 0.25) is 0 Å². The summed E-state index contributed by atoms with van der Waals surface area (Å²) in [7, 11) is 0. The zero-order valence-electron chi connectivity index (χ0n) is 14.9. The van der Waals surface area contributed by atoms with Crippen molar-refractivity contribution in [2.75, 3.05) is 13.2 Å². The van der Waals surface area contributed by atoms with Crippen LogP contribution in [0.2, 0.25) is 0 Å². The summed E-state index contributed by atoms with van der Waals surface area (Å²) in [5.41, 5.74) is 1.65. The average molecular weight is 343 g/mol. The third-order valence-corrected chi connectivity index (χ3v) is 6.38. The van der Waals surface area contributed by atoms with Gasteiger partial charge in [-0.2, -0.15) is 0 Å². The molecule has 0 bridgehead atoms. The lowest BCUT2D eigenvalue weighted by Gasteiger charge is -2.43. The topological polar surface area (TPSA) is 63.2 Å². The van der Waals surface area contributed by atoms with Crippen LogP contribution in [0.1, 0.15) is 63.0 Å². The van der Waals surface area contributed by atoms with E-state index in [1.807, 2.05) is 12.1 Å². The molecule has 136 valence electrons. The van der Waals surface area contributed by atoms with Crippen molar-refractivity contribution in [3.05, 3.63) is 30.1 Å². The van der Waals surface area contributed by atoms with E-state index in [2.05, 4.69) is 15.6 Å². The van der Waals surface area contributed by atoms with Gasteiger partial charge in [-0.15, -0.1) is 0 Å². The van der Waals surface area contributed by atoms with Crippen LogP contribution in [0.3, 0.4) is 0 Å². The van der Waals surface area contributed by atoms with Crippen molar-refractivity contribution in [1.82, 2.24) is 15.6 Å². The second-order valence-electron chi connectivity index (χ2n) is 8.10. The molecule has 3 fully saturated rings. The molecule has 1 aliphatic heterocycles. The lowest BCUT2D eigenvalue weighted by atomic mass is 9.68. The Labute approximate surface area is 149 Å². The minimum Gasteiger partial charge on any atom is -0.381 e. The van der Waals surface area contributed by atoms with Crippen molar-refractivity contribution in [2.24, 2.45) is 11.3 Å². The maximum Gasteiger partial charge on any atom is 0.315 e. The predicted molar refractivity (Wildman–Crippen MR) is 96.1 cm³/mol. The van der Waals surface area contributed by atoms with Crippen LogP contribution >= 0.6 is 0 Å². The molecular weight excluding hydrogens is 314 g/mol. The normalized spacial score (nSPS) is 24.6. The fourth-order valence-corrected chi connectivity index (χ4v) is 4.52. The van der Waals surface area contributed by atoms with E-state index >= 15 is 0 Å². The van der Waals surface area contributed by atoms with E-state index in [0.717, 1.165) is 31.6 Å². The molecule has 5 nitrogen and oxygen atoms in total. The van der Waals surface area contributed by atoms with Crippen LogP contribution in [0.5, 0.6) is 0 Å².